The first-order valence-corrected chi connectivity index (χ1v) is 9.35. The summed E-state index contributed by atoms with van der Waals surface area (Å²) in [5.41, 5.74) is 1.63. The monoisotopic (exact) mass is 465 g/mol. The summed E-state index contributed by atoms with van der Waals surface area (Å²) in [6.07, 6.45) is -4.72. The van der Waals surface area contributed by atoms with Crippen LogP contribution in [0.3, 0.4) is 0 Å². The van der Waals surface area contributed by atoms with Crippen LogP contribution in [0.5, 0.6) is 5.75 Å². The van der Waals surface area contributed by atoms with Crippen molar-refractivity contribution in [2.24, 2.45) is 0 Å². The third-order valence-corrected chi connectivity index (χ3v) is 4.66. The summed E-state index contributed by atoms with van der Waals surface area (Å²) in [6.45, 7) is 0. The van der Waals surface area contributed by atoms with Crippen LogP contribution in [-0.2, 0) is 0 Å². The number of thioether (sulfide) groups is 1. The number of halogens is 4. The van der Waals surface area contributed by atoms with E-state index >= 15 is 0 Å². The molecule has 0 aliphatic heterocycles. The quantitative estimate of drug-likeness (QED) is 0.544. The highest BCUT2D eigenvalue weighted by atomic mass is 79.9. The van der Waals surface area contributed by atoms with E-state index in [0.717, 1.165) is 15.6 Å². The lowest BCUT2D eigenvalue weighted by molar-refractivity contribution is -0.274. The summed E-state index contributed by atoms with van der Waals surface area (Å²) >= 11 is 14.6. The zero-order chi connectivity index (χ0) is 18.4. The van der Waals surface area contributed by atoms with Crippen LogP contribution in [0.1, 0.15) is 17.2 Å². The smallest absolute Gasteiger partial charge is 0.406 e. The van der Waals surface area contributed by atoms with Crippen LogP contribution in [0.4, 0.5) is 13.2 Å². The molecule has 2 aromatic carbocycles. The normalized spacial score (nSPS) is 12.3. The Balaban J connectivity index is 2.31. The van der Waals surface area contributed by atoms with Crippen LogP contribution in [0, 0.1) is 0 Å². The minimum atomic E-state index is -4.72. The molecular formula is C16H11BrF3NOS3. The summed E-state index contributed by atoms with van der Waals surface area (Å²) in [4.78, 5) is 0. The largest absolute Gasteiger partial charge is 0.573 e. The highest BCUT2D eigenvalue weighted by molar-refractivity contribution is 9.10. The van der Waals surface area contributed by atoms with Crippen LogP contribution in [-0.4, -0.2) is 15.4 Å². The Kier molecular flexibility index (Phi) is 7.24. The zero-order valence-corrected chi connectivity index (χ0v) is 16.5. The van der Waals surface area contributed by atoms with Gasteiger partial charge in [-0.3, -0.25) is 0 Å². The summed E-state index contributed by atoms with van der Waals surface area (Å²) in [6, 6.07) is 12.9. The number of benzene rings is 2. The Labute approximate surface area is 166 Å². The molecule has 0 spiro atoms. The van der Waals surface area contributed by atoms with E-state index in [-0.39, 0.29) is 11.8 Å². The van der Waals surface area contributed by atoms with Gasteiger partial charge < -0.3 is 10.1 Å². The van der Waals surface area contributed by atoms with Crippen molar-refractivity contribution in [1.82, 2.24) is 5.32 Å². The van der Waals surface area contributed by atoms with Crippen molar-refractivity contribution < 1.29 is 17.9 Å². The summed E-state index contributed by atoms with van der Waals surface area (Å²) in [7, 11) is 0. The van der Waals surface area contributed by atoms with E-state index in [2.05, 4.69) is 26.0 Å². The fraction of sp³-hybridized carbons (Fsp3) is 0.125. The van der Waals surface area contributed by atoms with Crippen molar-refractivity contribution in [2.45, 2.75) is 12.4 Å². The molecular weight excluding hydrogens is 455 g/mol. The highest BCUT2D eigenvalue weighted by Gasteiger charge is 2.31. The number of rotatable bonds is 5. The van der Waals surface area contributed by atoms with Gasteiger partial charge in [-0.15, -0.1) is 13.2 Å². The van der Waals surface area contributed by atoms with Crippen molar-refractivity contribution in [1.29, 1.82) is 0 Å². The van der Waals surface area contributed by atoms with Gasteiger partial charge in [0.1, 0.15) is 10.1 Å². The number of alkyl halides is 3. The van der Waals surface area contributed by atoms with Crippen LogP contribution < -0.4 is 10.1 Å². The molecule has 0 heterocycles. The first-order valence-electron chi connectivity index (χ1n) is 6.80. The molecule has 0 bridgehead atoms. The molecule has 25 heavy (non-hydrogen) atoms. The highest BCUT2D eigenvalue weighted by Crippen LogP contribution is 2.29. The Morgan fingerprint density at radius 2 is 1.84 bits per heavy atom. The number of hydrogen-bond donors (Lipinski definition) is 1. The standard InChI is InChI=1S/C16H11BrF3NOS3/c17-12-3-1-2-11(8-12)14(21-15(24)25-9-23)10-4-6-13(7-5-10)22-16(18,19)20/h1-9,14H,(H,21,24). The van der Waals surface area contributed by atoms with Gasteiger partial charge in [0.2, 0.25) is 0 Å². The van der Waals surface area contributed by atoms with Crippen molar-refractivity contribution in [3.05, 3.63) is 64.1 Å². The predicted molar refractivity (Wildman–Crippen MR) is 106 cm³/mol. The summed E-state index contributed by atoms with van der Waals surface area (Å²) in [5, 5.41) is 3.16. The average Bonchev–Trinajstić information content (AvgIpc) is 2.52. The third kappa shape index (κ3) is 6.58. The first-order chi connectivity index (χ1) is 11.8. The molecule has 1 atom stereocenters. The second kappa shape index (κ2) is 8.98. The van der Waals surface area contributed by atoms with E-state index in [4.69, 9.17) is 24.4 Å². The maximum absolute atomic E-state index is 12.3. The lowest BCUT2D eigenvalue weighted by Crippen LogP contribution is -2.26. The van der Waals surface area contributed by atoms with Crippen molar-refractivity contribution in [3.8, 4) is 5.75 Å². The zero-order valence-electron chi connectivity index (χ0n) is 12.4. The lowest BCUT2D eigenvalue weighted by atomic mass is 9.99. The number of thiocarbonyl (C=S) groups is 2. The van der Waals surface area contributed by atoms with Gasteiger partial charge in [0.05, 0.1) is 6.04 Å². The molecule has 0 aliphatic carbocycles. The fourth-order valence-corrected chi connectivity index (χ4v) is 3.53. The fourth-order valence-electron chi connectivity index (χ4n) is 2.10. The van der Waals surface area contributed by atoms with Crippen LogP contribution in [0.2, 0.25) is 0 Å². The molecule has 0 aromatic heterocycles. The molecule has 1 unspecified atom stereocenters. The van der Waals surface area contributed by atoms with E-state index in [0.29, 0.717) is 4.32 Å². The minimum Gasteiger partial charge on any atom is -0.406 e. The molecule has 2 nitrogen and oxygen atoms in total. The molecule has 0 aliphatic rings. The number of nitrogens with one attached hydrogen (secondary N) is 1. The van der Waals surface area contributed by atoms with Crippen molar-refractivity contribution >= 4 is 61.1 Å². The van der Waals surface area contributed by atoms with Crippen molar-refractivity contribution in [2.75, 3.05) is 0 Å². The van der Waals surface area contributed by atoms with Gasteiger partial charge in [0.25, 0.3) is 0 Å². The Morgan fingerprint density at radius 3 is 2.40 bits per heavy atom. The predicted octanol–water partition coefficient (Wildman–Crippen LogP) is 6.00. The molecule has 132 valence electrons. The average molecular weight is 466 g/mol. The second-order valence-electron chi connectivity index (χ2n) is 4.75. The molecule has 0 fully saturated rings. The molecule has 0 saturated carbocycles. The van der Waals surface area contributed by atoms with Gasteiger partial charge in [-0.25, -0.2) is 0 Å². The Morgan fingerprint density at radius 1 is 1.16 bits per heavy atom. The maximum Gasteiger partial charge on any atom is 0.573 e. The third-order valence-electron chi connectivity index (χ3n) is 3.05. The van der Waals surface area contributed by atoms with Crippen LogP contribution in [0.25, 0.3) is 0 Å². The molecule has 0 saturated heterocycles. The van der Waals surface area contributed by atoms with Crippen molar-refractivity contribution in [3.63, 3.8) is 0 Å². The number of ether oxygens (including phenoxy) is 1. The molecule has 0 amide bonds. The molecule has 2 rings (SSSR count). The van der Waals surface area contributed by atoms with E-state index in [9.17, 15) is 13.2 Å². The van der Waals surface area contributed by atoms with Gasteiger partial charge in [0.15, 0.2) is 0 Å². The van der Waals surface area contributed by atoms with Crippen LogP contribution in [0.15, 0.2) is 53.0 Å². The molecule has 2 aromatic rings. The van der Waals surface area contributed by atoms with E-state index in [1.165, 1.54) is 28.6 Å². The topological polar surface area (TPSA) is 21.3 Å². The van der Waals surface area contributed by atoms with Crippen LogP contribution >= 0.6 is 52.1 Å². The minimum absolute atomic E-state index is 0.278. The second-order valence-corrected chi connectivity index (χ2v) is 7.75. The van der Waals surface area contributed by atoms with E-state index in [1.54, 1.807) is 12.1 Å². The summed E-state index contributed by atoms with van der Waals surface area (Å²) < 4.78 is 43.6. The van der Waals surface area contributed by atoms with Gasteiger partial charge in [-0.05, 0) is 35.4 Å². The maximum atomic E-state index is 12.3. The van der Waals surface area contributed by atoms with Gasteiger partial charge >= 0.3 is 6.36 Å². The lowest BCUT2D eigenvalue weighted by Gasteiger charge is -2.21. The summed E-state index contributed by atoms with van der Waals surface area (Å²) in [5.74, 6) is -0.278. The molecule has 9 heteroatoms. The number of hydrogen-bond acceptors (Lipinski definition) is 4. The van der Waals surface area contributed by atoms with Gasteiger partial charge in [-0.2, -0.15) is 0 Å². The van der Waals surface area contributed by atoms with E-state index in [1.807, 2.05) is 24.3 Å². The molecule has 0 radical (unpaired) electrons. The first kappa shape index (κ1) is 20.2. The van der Waals surface area contributed by atoms with E-state index < -0.39 is 6.36 Å². The Hall–Kier alpha value is -1.16. The SMILES string of the molecule is FC(F)(F)Oc1ccc(C(NC(=S)SC=S)c2cccc(Br)c2)cc1. The van der Waals surface area contributed by atoms with Gasteiger partial charge in [-0.1, -0.05) is 76.4 Å². The van der Waals surface area contributed by atoms with Gasteiger partial charge in [0, 0.05) is 9.17 Å². The molecule has 1 N–H and O–H groups in total. The Bertz CT molecular complexity index is 753.